The third-order valence-electron chi connectivity index (χ3n) is 3.79. The SMILES string of the molecule is CCN(CC(=O)NC(C)C)C(=O)C1(C(N)=S)CCCC1. The maximum Gasteiger partial charge on any atom is 0.239 e. The van der Waals surface area contributed by atoms with Gasteiger partial charge in [-0.15, -0.1) is 0 Å². The van der Waals surface area contributed by atoms with E-state index in [0.29, 0.717) is 19.4 Å². The predicted molar refractivity (Wildman–Crippen MR) is 83.2 cm³/mol. The first kappa shape index (κ1) is 16.9. The van der Waals surface area contributed by atoms with Crippen molar-refractivity contribution in [3.63, 3.8) is 0 Å². The highest BCUT2D eigenvalue weighted by Crippen LogP contribution is 2.40. The summed E-state index contributed by atoms with van der Waals surface area (Å²) in [5.74, 6) is -0.241. The zero-order chi connectivity index (χ0) is 15.3. The third-order valence-corrected chi connectivity index (χ3v) is 4.18. The molecule has 0 aliphatic heterocycles. The summed E-state index contributed by atoms with van der Waals surface area (Å²) in [7, 11) is 0. The number of carbonyl (C=O) groups excluding carboxylic acids is 2. The molecule has 20 heavy (non-hydrogen) atoms. The zero-order valence-corrected chi connectivity index (χ0v) is 13.4. The second-order valence-electron chi connectivity index (χ2n) is 5.70. The Morgan fingerprint density at radius 3 is 2.30 bits per heavy atom. The molecule has 0 bridgehead atoms. The first-order valence-electron chi connectivity index (χ1n) is 7.22. The molecule has 5 nitrogen and oxygen atoms in total. The minimum Gasteiger partial charge on any atom is -0.392 e. The van der Waals surface area contributed by atoms with Gasteiger partial charge in [-0.05, 0) is 33.6 Å². The van der Waals surface area contributed by atoms with Crippen molar-refractivity contribution < 1.29 is 9.59 Å². The highest BCUT2D eigenvalue weighted by atomic mass is 32.1. The fourth-order valence-corrected chi connectivity index (χ4v) is 3.01. The molecule has 0 aromatic heterocycles. The minimum atomic E-state index is -0.733. The summed E-state index contributed by atoms with van der Waals surface area (Å²) >= 11 is 5.12. The van der Waals surface area contributed by atoms with Crippen molar-refractivity contribution in [2.24, 2.45) is 11.1 Å². The van der Waals surface area contributed by atoms with Crippen LogP contribution in [0.3, 0.4) is 0 Å². The molecule has 114 valence electrons. The third kappa shape index (κ3) is 3.69. The molecular weight excluding hydrogens is 274 g/mol. The van der Waals surface area contributed by atoms with Gasteiger partial charge in [0.15, 0.2) is 0 Å². The van der Waals surface area contributed by atoms with Crippen LogP contribution in [0.2, 0.25) is 0 Å². The van der Waals surface area contributed by atoms with Gasteiger partial charge in [-0.1, -0.05) is 25.1 Å². The molecule has 0 atom stereocenters. The van der Waals surface area contributed by atoms with Crippen LogP contribution in [0.1, 0.15) is 46.5 Å². The zero-order valence-electron chi connectivity index (χ0n) is 12.6. The van der Waals surface area contributed by atoms with Crippen molar-refractivity contribution in [2.75, 3.05) is 13.1 Å². The Kier molecular flexibility index (Phi) is 5.92. The van der Waals surface area contributed by atoms with Gasteiger partial charge >= 0.3 is 0 Å². The fraction of sp³-hybridized carbons (Fsp3) is 0.786. The van der Waals surface area contributed by atoms with Crippen molar-refractivity contribution in [3.05, 3.63) is 0 Å². The number of likely N-dealkylation sites (N-methyl/N-ethyl adjacent to an activating group) is 1. The van der Waals surface area contributed by atoms with Gasteiger partial charge in [0, 0.05) is 12.6 Å². The van der Waals surface area contributed by atoms with E-state index >= 15 is 0 Å². The van der Waals surface area contributed by atoms with Crippen LogP contribution in [0.25, 0.3) is 0 Å². The molecule has 0 unspecified atom stereocenters. The van der Waals surface area contributed by atoms with Crippen molar-refractivity contribution >= 4 is 29.0 Å². The topological polar surface area (TPSA) is 75.4 Å². The summed E-state index contributed by atoms with van der Waals surface area (Å²) in [4.78, 5) is 26.4. The fourth-order valence-electron chi connectivity index (χ4n) is 2.72. The number of carbonyl (C=O) groups is 2. The van der Waals surface area contributed by atoms with Gasteiger partial charge in [-0.3, -0.25) is 9.59 Å². The van der Waals surface area contributed by atoms with Crippen LogP contribution < -0.4 is 11.1 Å². The van der Waals surface area contributed by atoms with Crippen LogP contribution in [-0.2, 0) is 9.59 Å². The van der Waals surface area contributed by atoms with E-state index in [4.69, 9.17) is 18.0 Å². The lowest BCUT2D eigenvalue weighted by Crippen LogP contribution is -2.52. The number of thiocarbonyl (C=S) groups is 1. The number of rotatable bonds is 6. The Morgan fingerprint density at radius 2 is 1.90 bits per heavy atom. The average Bonchev–Trinajstić information content (AvgIpc) is 2.84. The highest BCUT2D eigenvalue weighted by molar-refractivity contribution is 7.80. The summed E-state index contributed by atoms with van der Waals surface area (Å²) in [5.41, 5.74) is 5.09. The highest BCUT2D eigenvalue weighted by Gasteiger charge is 2.46. The number of hydrogen-bond donors (Lipinski definition) is 2. The molecule has 3 N–H and O–H groups in total. The van der Waals surface area contributed by atoms with Crippen molar-refractivity contribution in [2.45, 2.75) is 52.5 Å². The standard InChI is InChI=1S/C14H25N3O2S/c1-4-17(9-11(18)16-10(2)3)13(19)14(12(15)20)7-5-6-8-14/h10H,4-9H2,1-3H3,(H2,15,20)(H,16,18). The molecule has 1 aliphatic rings. The summed E-state index contributed by atoms with van der Waals surface area (Å²) in [6.45, 7) is 6.20. The molecule has 1 fully saturated rings. The maximum absolute atomic E-state index is 12.7. The van der Waals surface area contributed by atoms with Gasteiger partial charge in [0.1, 0.15) is 0 Å². The molecule has 0 aromatic carbocycles. The number of nitrogens with zero attached hydrogens (tertiary/aromatic N) is 1. The Balaban J connectivity index is 2.80. The van der Waals surface area contributed by atoms with E-state index in [1.807, 2.05) is 20.8 Å². The second kappa shape index (κ2) is 7.02. The molecule has 0 heterocycles. The molecule has 0 radical (unpaired) electrons. The average molecular weight is 299 g/mol. The quantitative estimate of drug-likeness (QED) is 0.723. The van der Waals surface area contributed by atoms with Crippen LogP contribution in [0.15, 0.2) is 0 Å². The Hall–Kier alpha value is -1.17. The van der Waals surface area contributed by atoms with Gasteiger partial charge < -0.3 is 16.0 Å². The van der Waals surface area contributed by atoms with Gasteiger partial charge in [-0.25, -0.2) is 0 Å². The van der Waals surface area contributed by atoms with Crippen LogP contribution >= 0.6 is 12.2 Å². The maximum atomic E-state index is 12.7. The van der Waals surface area contributed by atoms with E-state index in [1.165, 1.54) is 0 Å². The van der Waals surface area contributed by atoms with Crippen molar-refractivity contribution in [1.29, 1.82) is 0 Å². The lowest BCUT2D eigenvalue weighted by atomic mass is 9.84. The molecule has 1 aliphatic carbocycles. The van der Waals surface area contributed by atoms with E-state index in [-0.39, 0.29) is 29.4 Å². The molecular formula is C14H25N3O2S. The first-order valence-corrected chi connectivity index (χ1v) is 7.63. The Labute approximate surface area is 126 Å². The second-order valence-corrected chi connectivity index (χ2v) is 6.13. The molecule has 0 saturated heterocycles. The molecule has 1 rings (SSSR count). The van der Waals surface area contributed by atoms with E-state index in [2.05, 4.69) is 5.32 Å². The number of nitrogens with two attached hydrogens (primary N) is 1. The summed E-state index contributed by atoms with van der Waals surface area (Å²) in [5, 5.41) is 2.80. The van der Waals surface area contributed by atoms with Crippen LogP contribution in [-0.4, -0.2) is 40.8 Å². The summed E-state index contributed by atoms with van der Waals surface area (Å²) < 4.78 is 0. The Morgan fingerprint density at radius 1 is 1.35 bits per heavy atom. The van der Waals surface area contributed by atoms with E-state index < -0.39 is 5.41 Å². The number of hydrogen-bond acceptors (Lipinski definition) is 3. The van der Waals surface area contributed by atoms with E-state index in [9.17, 15) is 9.59 Å². The molecule has 6 heteroatoms. The largest absolute Gasteiger partial charge is 0.392 e. The number of nitrogens with one attached hydrogen (secondary N) is 1. The number of amides is 2. The smallest absolute Gasteiger partial charge is 0.239 e. The van der Waals surface area contributed by atoms with Crippen molar-refractivity contribution in [1.82, 2.24) is 10.2 Å². The lowest BCUT2D eigenvalue weighted by Gasteiger charge is -2.32. The van der Waals surface area contributed by atoms with Crippen LogP contribution in [0, 0.1) is 5.41 Å². The van der Waals surface area contributed by atoms with E-state index in [0.717, 1.165) is 12.8 Å². The van der Waals surface area contributed by atoms with Gasteiger partial charge in [0.05, 0.1) is 16.9 Å². The molecule has 1 saturated carbocycles. The molecule has 0 spiro atoms. The summed E-state index contributed by atoms with van der Waals surface area (Å²) in [6, 6.07) is 0.0623. The van der Waals surface area contributed by atoms with Crippen molar-refractivity contribution in [3.8, 4) is 0 Å². The minimum absolute atomic E-state index is 0.0623. The lowest BCUT2D eigenvalue weighted by molar-refractivity contribution is -0.141. The van der Waals surface area contributed by atoms with Crippen LogP contribution in [0.4, 0.5) is 0 Å². The van der Waals surface area contributed by atoms with Gasteiger partial charge in [0.25, 0.3) is 0 Å². The Bertz CT molecular complexity index is 390. The van der Waals surface area contributed by atoms with E-state index in [1.54, 1.807) is 4.90 Å². The normalized spacial score (nSPS) is 17.0. The van der Waals surface area contributed by atoms with Crippen LogP contribution in [0.5, 0.6) is 0 Å². The first-order chi connectivity index (χ1) is 9.33. The molecule has 2 amide bonds. The molecule has 0 aromatic rings. The van der Waals surface area contributed by atoms with Gasteiger partial charge in [0.2, 0.25) is 11.8 Å². The predicted octanol–water partition coefficient (Wildman–Crippen LogP) is 1.21. The van der Waals surface area contributed by atoms with Gasteiger partial charge in [-0.2, -0.15) is 0 Å². The monoisotopic (exact) mass is 299 g/mol. The summed E-state index contributed by atoms with van der Waals surface area (Å²) in [6.07, 6.45) is 3.31.